The van der Waals surface area contributed by atoms with Gasteiger partial charge >= 0.3 is 5.97 Å². The Morgan fingerprint density at radius 1 is 1.67 bits per heavy atom. The van der Waals surface area contributed by atoms with Crippen molar-refractivity contribution in [3.05, 3.63) is 22.5 Å². The van der Waals surface area contributed by atoms with Gasteiger partial charge in [0.2, 0.25) is 0 Å². The van der Waals surface area contributed by atoms with E-state index in [-0.39, 0.29) is 17.8 Å². The third-order valence-electron chi connectivity index (χ3n) is 2.23. The number of aromatic carboxylic acids is 1. The number of carbonyl (C=O) groups excluding carboxylic acids is 1. The number of aldehydes is 1. The van der Waals surface area contributed by atoms with Gasteiger partial charge in [0.15, 0.2) is 6.29 Å². The molecule has 0 saturated carbocycles. The molecule has 1 rings (SSSR count). The maximum Gasteiger partial charge on any atom is 0.352 e. The predicted octanol–water partition coefficient (Wildman–Crippen LogP) is 1.29. The molecule has 0 aliphatic rings. The molecule has 5 heteroatoms. The third kappa shape index (κ3) is 2.05. The first kappa shape index (κ1) is 11.0. The van der Waals surface area contributed by atoms with Crippen LogP contribution in [0.2, 0.25) is 0 Å². The first-order chi connectivity index (χ1) is 7.11. The Kier molecular flexibility index (Phi) is 3.24. The van der Waals surface area contributed by atoms with Crippen LogP contribution in [0.15, 0.2) is 0 Å². The summed E-state index contributed by atoms with van der Waals surface area (Å²) in [6.45, 7) is 1.62. The van der Waals surface area contributed by atoms with Crippen LogP contribution in [0.3, 0.4) is 0 Å². The van der Waals surface area contributed by atoms with E-state index in [1.807, 2.05) is 6.07 Å². The van der Waals surface area contributed by atoms with Gasteiger partial charge in [-0.3, -0.25) is 4.79 Å². The molecule has 5 nitrogen and oxygen atoms in total. The molecule has 0 unspecified atom stereocenters. The number of nitriles is 1. The minimum Gasteiger partial charge on any atom is -0.477 e. The van der Waals surface area contributed by atoms with Crippen LogP contribution in [0.5, 0.6) is 0 Å². The van der Waals surface area contributed by atoms with Gasteiger partial charge < -0.3 is 10.1 Å². The zero-order chi connectivity index (χ0) is 11.4. The minimum atomic E-state index is -1.10. The molecule has 0 amide bonds. The SMILES string of the molecule is Cc1c(C(=O)O)[nH]c(C=O)c1CCC#N. The van der Waals surface area contributed by atoms with Gasteiger partial charge in [-0.2, -0.15) is 5.26 Å². The highest BCUT2D eigenvalue weighted by molar-refractivity contribution is 5.90. The summed E-state index contributed by atoms with van der Waals surface area (Å²) in [4.78, 5) is 24.0. The van der Waals surface area contributed by atoms with Crippen molar-refractivity contribution in [2.24, 2.45) is 0 Å². The number of aromatic amines is 1. The molecule has 0 aliphatic carbocycles. The number of aromatic nitrogens is 1. The van der Waals surface area contributed by atoms with E-state index in [0.29, 0.717) is 23.8 Å². The Morgan fingerprint density at radius 2 is 2.33 bits per heavy atom. The molecule has 0 saturated heterocycles. The van der Waals surface area contributed by atoms with Crippen molar-refractivity contribution >= 4 is 12.3 Å². The summed E-state index contributed by atoms with van der Waals surface area (Å²) in [6, 6.07) is 1.96. The maximum atomic E-state index is 10.8. The Hall–Kier alpha value is -2.09. The normalized spacial score (nSPS) is 9.60. The standard InChI is InChI=1S/C10H10N2O3/c1-6-7(3-2-4-11)8(5-13)12-9(6)10(14)15/h5,12H,2-3H2,1H3,(H,14,15). The van der Waals surface area contributed by atoms with Gasteiger partial charge in [-0.25, -0.2) is 4.79 Å². The van der Waals surface area contributed by atoms with Crippen LogP contribution in [-0.2, 0) is 6.42 Å². The first-order valence-electron chi connectivity index (χ1n) is 4.38. The fourth-order valence-corrected chi connectivity index (χ4v) is 1.47. The number of carboxylic acids is 1. The number of carboxylic acid groups (broad SMARTS) is 1. The molecule has 0 spiro atoms. The topological polar surface area (TPSA) is 93.9 Å². The summed E-state index contributed by atoms with van der Waals surface area (Å²) >= 11 is 0. The Morgan fingerprint density at radius 3 is 2.80 bits per heavy atom. The first-order valence-corrected chi connectivity index (χ1v) is 4.38. The molecular weight excluding hydrogens is 196 g/mol. The third-order valence-corrected chi connectivity index (χ3v) is 2.23. The van der Waals surface area contributed by atoms with Crippen LogP contribution in [0.25, 0.3) is 0 Å². The number of carbonyl (C=O) groups is 2. The van der Waals surface area contributed by atoms with Crippen molar-refractivity contribution in [1.82, 2.24) is 4.98 Å². The summed E-state index contributed by atoms with van der Waals surface area (Å²) < 4.78 is 0. The van der Waals surface area contributed by atoms with Crippen LogP contribution >= 0.6 is 0 Å². The van der Waals surface area contributed by atoms with Crippen LogP contribution in [0.4, 0.5) is 0 Å². The molecule has 1 aromatic rings. The predicted molar refractivity (Wildman–Crippen MR) is 51.8 cm³/mol. The highest BCUT2D eigenvalue weighted by Crippen LogP contribution is 2.18. The molecule has 0 atom stereocenters. The maximum absolute atomic E-state index is 10.8. The smallest absolute Gasteiger partial charge is 0.352 e. The second kappa shape index (κ2) is 4.42. The molecular formula is C10H10N2O3. The summed E-state index contributed by atoms with van der Waals surface area (Å²) in [5, 5.41) is 17.2. The zero-order valence-electron chi connectivity index (χ0n) is 8.20. The lowest BCUT2D eigenvalue weighted by atomic mass is 10.1. The number of hydrogen-bond donors (Lipinski definition) is 2. The lowest BCUT2D eigenvalue weighted by Crippen LogP contribution is -1.99. The van der Waals surface area contributed by atoms with E-state index in [0.717, 1.165) is 0 Å². The van der Waals surface area contributed by atoms with Crippen LogP contribution in [0, 0.1) is 18.3 Å². The minimum absolute atomic E-state index is 0.0186. The van der Waals surface area contributed by atoms with Crippen molar-refractivity contribution in [1.29, 1.82) is 5.26 Å². The lowest BCUT2D eigenvalue weighted by Gasteiger charge is -1.96. The average molecular weight is 206 g/mol. The van der Waals surface area contributed by atoms with E-state index in [1.54, 1.807) is 6.92 Å². The number of hydrogen-bond acceptors (Lipinski definition) is 3. The Bertz CT molecular complexity index is 440. The van der Waals surface area contributed by atoms with Crippen molar-refractivity contribution in [3.8, 4) is 6.07 Å². The fraction of sp³-hybridized carbons (Fsp3) is 0.300. The fourth-order valence-electron chi connectivity index (χ4n) is 1.47. The molecule has 0 aromatic carbocycles. The monoisotopic (exact) mass is 206 g/mol. The molecule has 78 valence electrons. The Balaban J connectivity index is 3.18. The molecule has 0 bridgehead atoms. The van der Waals surface area contributed by atoms with Crippen molar-refractivity contribution < 1.29 is 14.7 Å². The number of nitrogens with zero attached hydrogens (tertiary/aromatic N) is 1. The lowest BCUT2D eigenvalue weighted by molar-refractivity contribution is 0.0690. The van der Waals surface area contributed by atoms with E-state index >= 15 is 0 Å². The van der Waals surface area contributed by atoms with Gasteiger partial charge in [0.25, 0.3) is 0 Å². The summed E-state index contributed by atoms with van der Waals surface area (Å²) in [7, 11) is 0. The van der Waals surface area contributed by atoms with E-state index in [1.165, 1.54) is 0 Å². The van der Waals surface area contributed by atoms with Gasteiger partial charge in [-0.1, -0.05) is 0 Å². The quantitative estimate of drug-likeness (QED) is 0.725. The average Bonchev–Trinajstić information content (AvgIpc) is 2.52. The van der Waals surface area contributed by atoms with E-state index in [9.17, 15) is 9.59 Å². The molecule has 0 radical (unpaired) electrons. The van der Waals surface area contributed by atoms with E-state index in [4.69, 9.17) is 10.4 Å². The van der Waals surface area contributed by atoms with Gasteiger partial charge in [-0.15, -0.1) is 0 Å². The summed E-state index contributed by atoms with van der Waals surface area (Å²) in [5.74, 6) is -1.10. The second-order valence-corrected chi connectivity index (χ2v) is 3.10. The molecule has 15 heavy (non-hydrogen) atoms. The molecule has 1 aromatic heterocycles. The summed E-state index contributed by atoms with van der Waals surface area (Å²) in [6.07, 6.45) is 1.23. The van der Waals surface area contributed by atoms with E-state index in [2.05, 4.69) is 4.98 Å². The van der Waals surface area contributed by atoms with Gasteiger partial charge in [0.05, 0.1) is 11.8 Å². The second-order valence-electron chi connectivity index (χ2n) is 3.10. The number of rotatable bonds is 4. The van der Waals surface area contributed by atoms with Gasteiger partial charge in [0, 0.05) is 6.42 Å². The van der Waals surface area contributed by atoms with Gasteiger partial charge in [-0.05, 0) is 24.5 Å². The zero-order valence-corrected chi connectivity index (χ0v) is 8.20. The molecule has 0 aliphatic heterocycles. The highest BCUT2D eigenvalue weighted by Gasteiger charge is 2.17. The number of nitrogens with one attached hydrogen (secondary N) is 1. The van der Waals surface area contributed by atoms with Crippen LogP contribution in [0.1, 0.15) is 38.5 Å². The molecule has 2 N–H and O–H groups in total. The highest BCUT2D eigenvalue weighted by atomic mass is 16.4. The van der Waals surface area contributed by atoms with E-state index < -0.39 is 5.97 Å². The van der Waals surface area contributed by atoms with Crippen molar-refractivity contribution in [2.45, 2.75) is 19.8 Å². The van der Waals surface area contributed by atoms with Gasteiger partial charge in [0.1, 0.15) is 5.69 Å². The van der Waals surface area contributed by atoms with Crippen molar-refractivity contribution in [2.75, 3.05) is 0 Å². The summed E-state index contributed by atoms with van der Waals surface area (Å²) in [5.41, 5.74) is 1.41. The molecule has 0 fully saturated rings. The largest absolute Gasteiger partial charge is 0.477 e. The molecule has 1 heterocycles. The van der Waals surface area contributed by atoms with Crippen LogP contribution in [-0.4, -0.2) is 22.3 Å². The van der Waals surface area contributed by atoms with Crippen molar-refractivity contribution in [3.63, 3.8) is 0 Å². The van der Waals surface area contributed by atoms with Crippen LogP contribution < -0.4 is 0 Å². The number of H-pyrrole nitrogens is 1. The Labute approximate surface area is 86.3 Å².